The van der Waals surface area contributed by atoms with Gasteiger partial charge in [-0.05, 0) is 63.9 Å². The zero-order valence-electron chi connectivity index (χ0n) is 19.0. The monoisotopic (exact) mass is 407 g/mol. The Balaban J connectivity index is 2.15. The second kappa shape index (κ2) is 8.88. The van der Waals surface area contributed by atoms with Gasteiger partial charge in [-0.3, -0.25) is 4.79 Å². The Morgan fingerprint density at radius 2 is 1.93 bits per heavy atom. The van der Waals surface area contributed by atoms with Gasteiger partial charge >= 0.3 is 12.1 Å². The Morgan fingerprint density at radius 3 is 2.52 bits per heavy atom. The second-order valence-electron chi connectivity index (χ2n) is 9.87. The molecule has 1 saturated carbocycles. The van der Waals surface area contributed by atoms with Crippen molar-refractivity contribution in [3.63, 3.8) is 0 Å². The fourth-order valence-corrected chi connectivity index (χ4v) is 4.44. The lowest BCUT2D eigenvalue weighted by atomic mass is 9.63. The number of ether oxygens (including phenoxy) is 2. The predicted molar refractivity (Wildman–Crippen MR) is 111 cm³/mol. The van der Waals surface area contributed by atoms with Crippen LogP contribution < -0.4 is 5.32 Å². The van der Waals surface area contributed by atoms with Gasteiger partial charge in [0.15, 0.2) is 11.9 Å². The van der Waals surface area contributed by atoms with Crippen molar-refractivity contribution >= 4 is 17.8 Å². The summed E-state index contributed by atoms with van der Waals surface area (Å²) in [4.78, 5) is 38.1. The third-order valence-corrected chi connectivity index (χ3v) is 6.28. The SMILES string of the molecule is CCC(C)[C@H](NC(=O)OC(C)(C)C)C(=O)OC1C[C@]2(C)CCCCC2=C(C)C1=O. The normalized spacial score (nSPS) is 27.0. The number of amides is 1. The maximum atomic E-state index is 13.0. The Hall–Kier alpha value is -1.85. The Labute approximate surface area is 174 Å². The molecular formula is C23H37NO5. The number of esters is 1. The van der Waals surface area contributed by atoms with Crippen LogP contribution in [0.2, 0.25) is 0 Å². The molecule has 29 heavy (non-hydrogen) atoms. The van der Waals surface area contributed by atoms with Gasteiger partial charge in [0.1, 0.15) is 11.6 Å². The number of ketones is 1. The second-order valence-corrected chi connectivity index (χ2v) is 9.87. The molecule has 6 nitrogen and oxygen atoms in total. The summed E-state index contributed by atoms with van der Waals surface area (Å²) in [7, 11) is 0. The van der Waals surface area contributed by atoms with Crippen LogP contribution in [0.4, 0.5) is 4.79 Å². The summed E-state index contributed by atoms with van der Waals surface area (Å²) in [6.45, 7) is 13.1. The molecule has 1 N–H and O–H groups in total. The quantitative estimate of drug-likeness (QED) is 0.668. The zero-order valence-corrected chi connectivity index (χ0v) is 19.0. The molecule has 0 spiro atoms. The van der Waals surface area contributed by atoms with Crippen molar-refractivity contribution in [2.24, 2.45) is 11.3 Å². The Morgan fingerprint density at radius 1 is 1.28 bits per heavy atom. The van der Waals surface area contributed by atoms with Crippen molar-refractivity contribution in [1.29, 1.82) is 0 Å². The third-order valence-electron chi connectivity index (χ3n) is 6.28. The lowest BCUT2D eigenvalue weighted by Crippen LogP contribution is -2.50. The van der Waals surface area contributed by atoms with E-state index < -0.39 is 29.8 Å². The van der Waals surface area contributed by atoms with Gasteiger partial charge in [-0.15, -0.1) is 0 Å². The lowest BCUT2D eigenvalue weighted by molar-refractivity contribution is -0.159. The first-order chi connectivity index (χ1) is 13.4. The molecule has 0 aromatic heterocycles. The Bertz CT molecular complexity index is 690. The number of rotatable bonds is 5. The van der Waals surface area contributed by atoms with Crippen LogP contribution in [0.25, 0.3) is 0 Å². The first-order valence-corrected chi connectivity index (χ1v) is 10.8. The average Bonchev–Trinajstić information content (AvgIpc) is 2.61. The van der Waals surface area contributed by atoms with Crippen LogP contribution in [0.1, 0.15) is 87.0 Å². The highest BCUT2D eigenvalue weighted by molar-refractivity contribution is 6.01. The molecule has 0 heterocycles. The van der Waals surface area contributed by atoms with E-state index in [9.17, 15) is 14.4 Å². The standard InChI is InChI=1S/C23H37NO5/c1-8-14(2)18(24-21(27)29-22(4,5)6)20(26)28-17-13-23(7)12-10-9-11-16(23)15(3)19(17)25/h14,17-18H,8-13H2,1-7H3,(H,24,27)/t14?,17?,18-,23-/m0/s1. The molecule has 0 aliphatic heterocycles. The summed E-state index contributed by atoms with van der Waals surface area (Å²) in [5.41, 5.74) is 1.22. The van der Waals surface area contributed by atoms with Crippen molar-refractivity contribution in [2.45, 2.75) is 105 Å². The molecule has 0 aromatic carbocycles. The van der Waals surface area contributed by atoms with Crippen LogP contribution in [0.15, 0.2) is 11.1 Å². The summed E-state index contributed by atoms with van der Waals surface area (Å²) >= 11 is 0. The summed E-state index contributed by atoms with van der Waals surface area (Å²) in [6, 6.07) is -0.854. The molecule has 164 valence electrons. The zero-order chi connectivity index (χ0) is 22.0. The molecule has 0 saturated heterocycles. The number of alkyl carbamates (subject to hydrolysis) is 1. The molecule has 1 amide bonds. The smallest absolute Gasteiger partial charge is 0.408 e. The van der Waals surface area contributed by atoms with Crippen LogP contribution in [-0.2, 0) is 19.1 Å². The van der Waals surface area contributed by atoms with E-state index in [-0.39, 0.29) is 17.1 Å². The van der Waals surface area contributed by atoms with E-state index in [0.29, 0.717) is 12.8 Å². The van der Waals surface area contributed by atoms with Crippen LogP contribution in [0.5, 0.6) is 0 Å². The molecular weight excluding hydrogens is 370 g/mol. The highest BCUT2D eigenvalue weighted by Crippen LogP contribution is 2.49. The van der Waals surface area contributed by atoms with Gasteiger partial charge in [0.2, 0.25) is 0 Å². The van der Waals surface area contributed by atoms with Gasteiger partial charge in [-0.25, -0.2) is 9.59 Å². The van der Waals surface area contributed by atoms with Crippen LogP contribution in [0, 0.1) is 11.3 Å². The molecule has 2 rings (SSSR count). The number of fused-ring (bicyclic) bond motifs is 1. The van der Waals surface area contributed by atoms with Gasteiger partial charge in [0.05, 0.1) is 0 Å². The van der Waals surface area contributed by atoms with E-state index in [1.54, 1.807) is 20.8 Å². The number of carbonyl (C=O) groups excluding carboxylic acids is 3. The van der Waals surface area contributed by atoms with Crippen molar-refractivity contribution in [2.75, 3.05) is 0 Å². The first-order valence-electron chi connectivity index (χ1n) is 10.8. The largest absolute Gasteiger partial charge is 0.452 e. The minimum Gasteiger partial charge on any atom is -0.452 e. The molecule has 0 aromatic rings. The van der Waals surface area contributed by atoms with Crippen molar-refractivity contribution < 1.29 is 23.9 Å². The average molecular weight is 408 g/mol. The van der Waals surface area contributed by atoms with Crippen molar-refractivity contribution in [1.82, 2.24) is 5.32 Å². The maximum absolute atomic E-state index is 13.0. The van der Waals surface area contributed by atoms with Gasteiger partial charge in [-0.2, -0.15) is 0 Å². The van der Waals surface area contributed by atoms with E-state index in [0.717, 1.165) is 31.3 Å². The summed E-state index contributed by atoms with van der Waals surface area (Å²) in [5.74, 6) is -0.821. The number of allylic oxidation sites excluding steroid dienone is 1. The third kappa shape index (κ3) is 5.61. The summed E-state index contributed by atoms with van der Waals surface area (Å²) in [6.07, 6.45) is 3.93. The van der Waals surface area contributed by atoms with E-state index in [1.165, 1.54) is 5.57 Å². The highest BCUT2D eigenvalue weighted by Gasteiger charge is 2.45. The van der Waals surface area contributed by atoms with Crippen molar-refractivity contribution in [3.05, 3.63) is 11.1 Å². The Kier molecular flexibility index (Phi) is 7.18. The van der Waals surface area contributed by atoms with Gasteiger partial charge in [-0.1, -0.05) is 39.2 Å². The number of Topliss-reactive ketones (excluding diaryl/α,β-unsaturated/α-hetero) is 1. The van der Waals surface area contributed by atoms with Gasteiger partial charge in [0.25, 0.3) is 0 Å². The predicted octanol–water partition coefficient (Wildman–Crippen LogP) is 4.71. The molecule has 1 fully saturated rings. The van der Waals surface area contributed by atoms with Crippen molar-refractivity contribution in [3.8, 4) is 0 Å². The molecule has 4 atom stereocenters. The number of hydrogen-bond acceptors (Lipinski definition) is 5. The van der Waals surface area contributed by atoms with Crippen LogP contribution in [0.3, 0.4) is 0 Å². The molecule has 2 unspecified atom stereocenters. The lowest BCUT2D eigenvalue weighted by Gasteiger charge is -2.43. The summed E-state index contributed by atoms with van der Waals surface area (Å²) < 4.78 is 11.0. The number of nitrogens with one attached hydrogen (secondary N) is 1. The minimum atomic E-state index is -0.854. The fraction of sp³-hybridized carbons (Fsp3) is 0.783. The van der Waals surface area contributed by atoms with E-state index in [1.807, 2.05) is 20.8 Å². The van der Waals surface area contributed by atoms with Gasteiger partial charge < -0.3 is 14.8 Å². The van der Waals surface area contributed by atoms with Gasteiger partial charge in [0, 0.05) is 6.42 Å². The summed E-state index contributed by atoms with van der Waals surface area (Å²) in [5, 5.41) is 2.65. The fourth-order valence-electron chi connectivity index (χ4n) is 4.44. The van der Waals surface area contributed by atoms with Crippen LogP contribution >= 0.6 is 0 Å². The minimum absolute atomic E-state index is 0.0916. The molecule has 2 aliphatic carbocycles. The number of carbonyl (C=O) groups is 3. The molecule has 0 radical (unpaired) electrons. The highest BCUT2D eigenvalue weighted by atomic mass is 16.6. The number of hydrogen-bond donors (Lipinski definition) is 1. The van der Waals surface area contributed by atoms with E-state index >= 15 is 0 Å². The van der Waals surface area contributed by atoms with E-state index in [4.69, 9.17) is 9.47 Å². The molecule has 6 heteroatoms. The maximum Gasteiger partial charge on any atom is 0.408 e. The van der Waals surface area contributed by atoms with E-state index in [2.05, 4.69) is 12.2 Å². The first kappa shape index (κ1) is 23.4. The topological polar surface area (TPSA) is 81.7 Å². The van der Waals surface area contributed by atoms with Crippen LogP contribution in [-0.4, -0.2) is 35.6 Å². The molecule has 0 bridgehead atoms. The molecule has 2 aliphatic rings.